The molecule has 0 spiro atoms. The van der Waals surface area contributed by atoms with Gasteiger partial charge in [-0.05, 0) is 71.1 Å². The standard InChI is InChI=1S/C21H23BrN2O4S/c1-14-8-9-17(16(22)12-14)23-19(25)13-28-21(27)18(10-11-29-2)24-20(26)15-6-4-3-5-7-15/h3-9,12,18H,10-11,13H2,1-2H3,(H,23,25)(H,24,26). The lowest BCUT2D eigenvalue weighted by Crippen LogP contribution is -2.43. The third-order valence-electron chi connectivity index (χ3n) is 3.98. The predicted molar refractivity (Wildman–Crippen MR) is 119 cm³/mol. The maximum Gasteiger partial charge on any atom is 0.329 e. The quantitative estimate of drug-likeness (QED) is 0.535. The summed E-state index contributed by atoms with van der Waals surface area (Å²) in [6.07, 6.45) is 2.32. The molecule has 2 aromatic carbocycles. The first-order valence-electron chi connectivity index (χ1n) is 8.98. The van der Waals surface area contributed by atoms with Crippen LogP contribution in [0, 0.1) is 6.92 Å². The van der Waals surface area contributed by atoms with Crippen LogP contribution >= 0.6 is 27.7 Å². The van der Waals surface area contributed by atoms with Gasteiger partial charge in [-0.15, -0.1) is 0 Å². The summed E-state index contributed by atoms with van der Waals surface area (Å²) in [5, 5.41) is 5.38. The van der Waals surface area contributed by atoms with Gasteiger partial charge in [-0.2, -0.15) is 11.8 Å². The van der Waals surface area contributed by atoms with Crippen LogP contribution in [0.2, 0.25) is 0 Å². The molecule has 1 atom stereocenters. The first kappa shape index (κ1) is 23.0. The minimum Gasteiger partial charge on any atom is -0.454 e. The first-order valence-corrected chi connectivity index (χ1v) is 11.2. The summed E-state index contributed by atoms with van der Waals surface area (Å²) in [6.45, 7) is 1.51. The lowest BCUT2D eigenvalue weighted by atomic mass is 10.1. The Labute approximate surface area is 182 Å². The van der Waals surface area contributed by atoms with E-state index in [9.17, 15) is 14.4 Å². The van der Waals surface area contributed by atoms with Crippen LogP contribution in [0.4, 0.5) is 5.69 Å². The molecule has 2 aromatic rings. The van der Waals surface area contributed by atoms with E-state index in [4.69, 9.17) is 4.74 Å². The third kappa shape index (κ3) is 7.55. The number of hydrogen-bond acceptors (Lipinski definition) is 5. The molecule has 0 saturated carbocycles. The Morgan fingerprint density at radius 2 is 1.86 bits per heavy atom. The summed E-state index contributed by atoms with van der Waals surface area (Å²) < 4.78 is 5.89. The third-order valence-corrected chi connectivity index (χ3v) is 5.28. The van der Waals surface area contributed by atoms with Crippen LogP contribution in [0.15, 0.2) is 53.0 Å². The summed E-state index contributed by atoms with van der Waals surface area (Å²) >= 11 is 4.94. The minimum atomic E-state index is -0.825. The number of benzene rings is 2. The van der Waals surface area contributed by atoms with E-state index < -0.39 is 24.5 Å². The molecule has 0 aliphatic rings. The van der Waals surface area contributed by atoms with Gasteiger partial charge in [-0.3, -0.25) is 9.59 Å². The first-order chi connectivity index (χ1) is 13.9. The molecule has 0 bridgehead atoms. The fourth-order valence-electron chi connectivity index (χ4n) is 2.46. The highest BCUT2D eigenvalue weighted by atomic mass is 79.9. The Morgan fingerprint density at radius 3 is 2.52 bits per heavy atom. The zero-order chi connectivity index (χ0) is 21.2. The molecule has 2 N–H and O–H groups in total. The van der Waals surface area contributed by atoms with Gasteiger partial charge in [0.2, 0.25) is 0 Å². The number of rotatable bonds is 9. The highest BCUT2D eigenvalue weighted by Crippen LogP contribution is 2.23. The van der Waals surface area contributed by atoms with Gasteiger partial charge in [0.15, 0.2) is 6.61 Å². The number of nitrogens with one attached hydrogen (secondary N) is 2. The topological polar surface area (TPSA) is 84.5 Å². The van der Waals surface area contributed by atoms with Gasteiger partial charge < -0.3 is 15.4 Å². The molecule has 0 aliphatic heterocycles. The van der Waals surface area contributed by atoms with Gasteiger partial charge in [0.1, 0.15) is 6.04 Å². The van der Waals surface area contributed by atoms with Crippen molar-refractivity contribution in [3.8, 4) is 0 Å². The van der Waals surface area contributed by atoms with E-state index in [1.165, 1.54) is 0 Å². The Hall–Kier alpha value is -2.32. The van der Waals surface area contributed by atoms with Gasteiger partial charge in [-0.25, -0.2) is 4.79 Å². The Balaban J connectivity index is 1.92. The van der Waals surface area contributed by atoms with E-state index in [1.54, 1.807) is 48.2 Å². The molecule has 0 saturated heterocycles. The van der Waals surface area contributed by atoms with Gasteiger partial charge in [0, 0.05) is 10.0 Å². The SMILES string of the molecule is CSCCC(NC(=O)c1ccccc1)C(=O)OCC(=O)Nc1ccc(C)cc1Br. The number of carbonyl (C=O) groups is 3. The second-order valence-corrected chi connectivity index (χ2v) is 8.15. The molecule has 8 heteroatoms. The summed E-state index contributed by atoms with van der Waals surface area (Å²) in [4.78, 5) is 36.9. The van der Waals surface area contributed by atoms with Crippen LogP contribution in [-0.4, -0.2) is 42.4 Å². The van der Waals surface area contributed by atoms with Gasteiger partial charge in [0.25, 0.3) is 11.8 Å². The maximum absolute atomic E-state index is 12.4. The molecule has 0 fully saturated rings. The normalized spacial score (nSPS) is 11.4. The summed E-state index contributed by atoms with van der Waals surface area (Å²) in [5.74, 6) is -0.791. The van der Waals surface area contributed by atoms with Crippen molar-refractivity contribution in [3.63, 3.8) is 0 Å². The second-order valence-electron chi connectivity index (χ2n) is 6.31. The Kier molecular flexibility index (Phi) is 9.21. The van der Waals surface area contributed by atoms with Crippen molar-refractivity contribution in [1.29, 1.82) is 0 Å². The second kappa shape index (κ2) is 11.6. The van der Waals surface area contributed by atoms with Gasteiger partial charge in [0.05, 0.1) is 5.69 Å². The Bertz CT molecular complexity index is 861. The van der Waals surface area contributed by atoms with Crippen molar-refractivity contribution in [3.05, 3.63) is 64.1 Å². The molecular formula is C21H23BrN2O4S. The monoisotopic (exact) mass is 478 g/mol. The average Bonchev–Trinajstić information content (AvgIpc) is 2.71. The van der Waals surface area contributed by atoms with E-state index in [2.05, 4.69) is 26.6 Å². The van der Waals surface area contributed by atoms with Crippen molar-refractivity contribution < 1.29 is 19.1 Å². The van der Waals surface area contributed by atoms with Crippen LogP contribution in [0.3, 0.4) is 0 Å². The fourth-order valence-corrected chi connectivity index (χ4v) is 3.52. The number of ether oxygens (including phenoxy) is 1. The number of halogens is 1. The minimum absolute atomic E-state index is 0.360. The smallest absolute Gasteiger partial charge is 0.329 e. The molecule has 0 heterocycles. The molecule has 2 amide bonds. The largest absolute Gasteiger partial charge is 0.454 e. The van der Waals surface area contributed by atoms with E-state index in [1.807, 2.05) is 25.3 Å². The molecule has 2 rings (SSSR count). The predicted octanol–water partition coefficient (Wildman–Crippen LogP) is 3.79. The van der Waals surface area contributed by atoms with Crippen molar-refractivity contribution in [2.75, 3.05) is 23.9 Å². The zero-order valence-corrected chi connectivity index (χ0v) is 18.6. The lowest BCUT2D eigenvalue weighted by Gasteiger charge is -2.17. The number of anilines is 1. The van der Waals surface area contributed by atoms with E-state index in [-0.39, 0.29) is 5.91 Å². The number of carbonyl (C=O) groups excluding carboxylic acids is 3. The highest BCUT2D eigenvalue weighted by molar-refractivity contribution is 9.10. The van der Waals surface area contributed by atoms with Crippen molar-refractivity contribution in [2.24, 2.45) is 0 Å². The summed E-state index contributed by atoms with van der Waals surface area (Å²) in [5.41, 5.74) is 2.09. The summed E-state index contributed by atoms with van der Waals surface area (Å²) in [7, 11) is 0. The van der Waals surface area contributed by atoms with Gasteiger partial charge >= 0.3 is 5.97 Å². The van der Waals surface area contributed by atoms with Crippen LogP contribution in [0.1, 0.15) is 22.3 Å². The van der Waals surface area contributed by atoms with E-state index in [0.717, 1.165) is 10.0 Å². The number of amides is 2. The zero-order valence-electron chi connectivity index (χ0n) is 16.2. The number of aryl methyl sites for hydroxylation is 1. The molecule has 0 radical (unpaired) electrons. The summed E-state index contributed by atoms with van der Waals surface area (Å²) in [6, 6.07) is 13.3. The number of esters is 1. The van der Waals surface area contributed by atoms with Crippen molar-refractivity contribution in [2.45, 2.75) is 19.4 Å². The average molecular weight is 479 g/mol. The number of thioether (sulfide) groups is 1. The van der Waals surface area contributed by atoms with Crippen molar-refractivity contribution >= 4 is 51.2 Å². The lowest BCUT2D eigenvalue weighted by molar-refractivity contribution is -0.149. The van der Waals surface area contributed by atoms with Crippen LogP contribution in [0.5, 0.6) is 0 Å². The molecular weight excluding hydrogens is 456 g/mol. The van der Waals surface area contributed by atoms with E-state index in [0.29, 0.717) is 23.4 Å². The maximum atomic E-state index is 12.4. The van der Waals surface area contributed by atoms with Crippen LogP contribution in [-0.2, 0) is 14.3 Å². The molecule has 6 nitrogen and oxygen atoms in total. The molecule has 0 aromatic heterocycles. The van der Waals surface area contributed by atoms with Crippen LogP contribution < -0.4 is 10.6 Å². The highest BCUT2D eigenvalue weighted by Gasteiger charge is 2.23. The molecule has 0 aliphatic carbocycles. The molecule has 29 heavy (non-hydrogen) atoms. The molecule has 154 valence electrons. The molecule has 1 unspecified atom stereocenters. The van der Waals surface area contributed by atoms with E-state index >= 15 is 0 Å². The fraction of sp³-hybridized carbons (Fsp3) is 0.286. The van der Waals surface area contributed by atoms with Crippen LogP contribution in [0.25, 0.3) is 0 Å². The Morgan fingerprint density at radius 1 is 1.14 bits per heavy atom. The number of hydrogen-bond donors (Lipinski definition) is 2. The van der Waals surface area contributed by atoms with Gasteiger partial charge in [-0.1, -0.05) is 24.3 Å². The van der Waals surface area contributed by atoms with Crippen molar-refractivity contribution in [1.82, 2.24) is 5.32 Å².